The second-order valence-corrected chi connectivity index (χ2v) is 7.22. The summed E-state index contributed by atoms with van der Waals surface area (Å²) < 4.78 is 28.2. The van der Waals surface area contributed by atoms with E-state index < -0.39 is 15.2 Å². The third kappa shape index (κ3) is 2.62. The van der Waals surface area contributed by atoms with Crippen molar-refractivity contribution in [3.63, 3.8) is 0 Å². The molecule has 2 rings (SSSR count). The molecule has 0 radical (unpaired) electrons. The van der Waals surface area contributed by atoms with Crippen LogP contribution in [0.2, 0.25) is 0 Å². The quantitative estimate of drug-likeness (QED) is 0.611. The summed E-state index contributed by atoms with van der Waals surface area (Å²) >= 11 is 1.34. The van der Waals surface area contributed by atoms with Crippen LogP contribution >= 0.6 is 22.0 Å². The van der Waals surface area contributed by atoms with Crippen molar-refractivity contribution < 1.29 is 17.9 Å². The molecule has 2 heterocycles. The molecule has 0 atom stereocenters. The molecule has 0 fully saturated rings. The molecule has 0 saturated carbocycles. The summed E-state index contributed by atoms with van der Waals surface area (Å²) in [7, 11) is 2.91. The summed E-state index contributed by atoms with van der Waals surface area (Å²) in [6.45, 7) is 0.564. The van der Waals surface area contributed by atoms with Crippen LogP contribution in [0, 0.1) is 0 Å². The standard InChI is InChI=1S/C9H10ClNO4S2/c1-15-9(12)8-4-6-5-11(17(10,13)14)3-2-7(6)16-8/h4H,2-3,5H2,1H3. The first-order chi connectivity index (χ1) is 7.91. The highest BCUT2D eigenvalue weighted by molar-refractivity contribution is 8.11. The Morgan fingerprint density at radius 2 is 2.29 bits per heavy atom. The summed E-state index contributed by atoms with van der Waals surface area (Å²) in [6, 6.07) is 1.67. The van der Waals surface area contributed by atoms with E-state index in [1.54, 1.807) is 6.07 Å². The zero-order valence-electron chi connectivity index (χ0n) is 8.97. The van der Waals surface area contributed by atoms with Gasteiger partial charge in [-0.15, -0.1) is 11.3 Å². The molecule has 0 saturated heterocycles. The molecule has 0 spiro atoms. The summed E-state index contributed by atoms with van der Waals surface area (Å²) in [5.74, 6) is -0.398. The maximum Gasteiger partial charge on any atom is 0.348 e. The molecule has 0 aromatic carbocycles. The van der Waals surface area contributed by atoms with Crippen molar-refractivity contribution in [1.82, 2.24) is 4.31 Å². The summed E-state index contributed by atoms with van der Waals surface area (Å²) in [5.41, 5.74) is 0.825. The Kier molecular flexibility index (Phi) is 3.44. The molecule has 0 N–H and O–H groups in total. The van der Waals surface area contributed by atoms with E-state index in [4.69, 9.17) is 10.7 Å². The molecule has 0 unspecified atom stereocenters. The fourth-order valence-corrected chi connectivity index (χ4v) is 3.73. The molecule has 0 bridgehead atoms. The largest absolute Gasteiger partial charge is 0.465 e. The second kappa shape index (κ2) is 4.56. The van der Waals surface area contributed by atoms with Gasteiger partial charge in [0.1, 0.15) is 4.88 Å². The molecule has 17 heavy (non-hydrogen) atoms. The van der Waals surface area contributed by atoms with Crippen molar-refractivity contribution in [3.8, 4) is 0 Å². The molecule has 0 aliphatic carbocycles. The molecular formula is C9H10ClNO4S2. The average molecular weight is 296 g/mol. The smallest absolute Gasteiger partial charge is 0.348 e. The van der Waals surface area contributed by atoms with Gasteiger partial charge in [0, 0.05) is 28.6 Å². The number of hydrogen-bond acceptors (Lipinski definition) is 5. The van der Waals surface area contributed by atoms with Crippen LogP contribution < -0.4 is 0 Å². The lowest BCUT2D eigenvalue weighted by Crippen LogP contribution is -2.32. The molecule has 94 valence electrons. The zero-order valence-corrected chi connectivity index (χ0v) is 11.4. The Bertz CT molecular complexity index is 551. The van der Waals surface area contributed by atoms with E-state index in [2.05, 4.69) is 4.74 Å². The number of thiophene rings is 1. The van der Waals surface area contributed by atoms with E-state index in [-0.39, 0.29) is 6.54 Å². The average Bonchev–Trinajstić information content (AvgIpc) is 2.69. The Morgan fingerprint density at radius 1 is 1.59 bits per heavy atom. The molecule has 1 aliphatic rings. The van der Waals surface area contributed by atoms with Gasteiger partial charge in [0.2, 0.25) is 0 Å². The first-order valence-corrected chi connectivity index (χ1v) is 7.89. The normalized spacial score (nSPS) is 16.6. The molecule has 8 heteroatoms. The fourth-order valence-electron chi connectivity index (χ4n) is 1.69. The van der Waals surface area contributed by atoms with Crippen LogP contribution in [0.5, 0.6) is 0 Å². The van der Waals surface area contributed by atoms with Crippen LogP contribution in [0.25, 0.3) is 0 Å². The highest BCUT2D eigenvalue weighted by Gasteiger charge is 2.27. The van der Waals surface area contributed by atoms with Crippen LogP contribution in [0.3, 0.4) is 0 Å². The van der Waals surface area contributed by atoms with Crippen molar-refractivity contribution in [2.24, 2.45) is 0 Å². The van der Waals surface area contributed by atoms with Gasteiger partial charge in [0.15, 0.2) is 0 Å². The third-order valence-corrected chi connectivity index (χ3v) is 5.26. The van der Waals surface area contributed by atoms with Crippen LogP contribution in [0.1, 0.15) is 20.1 Å². The Morgan fingerprint density at radius 3 is 2.88 bits per heavy atom. The van der Waals surface area contributed by atoms with Gasteiger partial charge in [0.05, 0.1) is 7.11 Å². The predicted octanol–water partition coefficient (Wildman–Crippen LogP) is 1.38. The minimum absolute atomic E-state index is 0.217. The van der Waals surface area contributed by atoms with E-state index in [0.717, 1.165) is 10.4 Å². The maximum atomic E-state index is 11.3. The van der Waals surface area contributed by atoms with Crippen molar-refractivity contribution in [3.05, 3.63) is 21.4 Å². The van der Waals surface area contributed by atoms with Gasteiger partial charge in [-0.1, -0.05) is 0 Å². The fraction of sp³-hybridized carbons (Fsp3) is 0.444. The summed E-state index contributed by atoms with van der Waals surface area (Å²) in [4.78, 5) is 12.8. The van der Waals surface area contributed by atoms with Crippen LogP contribution in [0.15, 0.2) is 6.07 Å². The topological polar surface area (TPSA) is 63.7 Å². The highest BCUT2D eigenvalue weighted by Crippen LogP contribution is 2.30. The lowest BCUT2D eigenvalue weighted by Gasteiger charge is -2.22. The number of ether oxygens (including phenoxy) is 1. The Balaban J connectivity index is 2.27. The first-order valence-electron chi connectivity index (χ1n) is 4.81. The maximum absolute atomic E-state index is 11.3. The van der Waals surface area contributed by atoms with E-state index >= 15 is 0 Å². The van der Waals surface area contributed by atoms with Crippen molar-refractivity contribution in [2.45, 2.75) is 13.0 Å². The minimum Gasteiger partial charge on any atom is -0.465 e. The lowest BCUT2D eigenvalue weighted by molar-refractivity contribution is 0.0606. The number of carbonyl (C=O) groups is 1. The molecular weight excluding hydrogens is 286 g/mol. The van der Waals surface area contributed by atoms with Crippen molar-refractivity contribution >= 4 is 37.2 Å². The lowest BCUT2D eigenvalue weighted by atomic mass is 10.1. The molecule has 1 aliphatic heterocycles. The Labute approximate surface area is 107 Å². The number of esters is 1. The van der Waals surface area contributed by atoms with E-state index in [0.29, 0.717) is 17.8 Å². The van der Waals surface area contributed by atoms with Gasteiger partial charge in [-0.05, 0) is 18.1 Å². The predicted molar refractivity (Wildman–Crippen MR) is 64.5 cm³/mol. The zero-order chi connectivity index (χ0) is 12.6. The van der Waals surface area contributed by atoms with Crippen molar-refractivity contribution in [1.29, 1.82) is 0 Å². The van der Waals surface area contributed by atoms with Crippen LogP contribution in [-0.4, -0.2) is 32.3 Å². The number of carbonyl (C=O) groups excluding carboxylic acids is 1. The van der Waals surface area contributed by atoms with Crippen molar-refractivity contribution in [2.75, 3.05) is 13.7 Å². The number of halogens is 1. The van der Waals surface area contributed by atoms with E-state index in [1.807, 2.05) is 0 Å². The van der Waals surface area contributed by atoms with Gasteiger partial charge < -0.3 is 4.74 Å². The molecule has 1 aromatic rings. The number of fused-ring (bicyclic) bond motifs is 1. The minimum atomic E-state index is -3.69. The van der Waals surface area contributed by atoms with E-state index in [9.17, 15) is 13.2 Å². The second-order valence-electron chi connectivity index (χ2n) is 3.58. The summed E-state index contributed by atoms with van der Waals surface area (Å²) in [6.07, 6.45) is 0.572. The Hall–Kier alpha value is -0.630. The number of nitrogens with zero attached hydrogens (tertiary/aromatic N) is 1. The first kappa shape index (κ1) is 12.8. The third-order valence-electron chi connectivity index (χ3n) is 2.53. The van der Waals surface area contributed by atoms with Gasteiger partial charge in [-0.2, -0.15) is 12.7 Å². The van der Waals surface area contributed by atoms with Crippen LogP contribution in [-0.2, 0) is 26.9 Å². The molecule has 0 amide bonds. The molecule has 5 nitrogen and oxygen atoms in total. The number of rotatable bonds is 2. The van der Waals surface area contributed by atoms with Gasteiger partial charge in [-0.25, -0.2) is 4.79 Å². The van der Waals surface area contributed by atoms with Crippen LogP contribution in [0.4, 0.5) is 0 Å². The van der Waals surface area contributed by atoms with Gasteiger partial charge in [0.25, 0.3) is 9.24 Å². The van der Waals surface area contributed by atoms with Gasteiger partial charge >= 0.3 is 5.97 Å². The SMILES string of the molecule is COC(=O)c1cc2c(s1)CCN(S(=O)(=O)Cl)C2. The molecule has 1 aromatic heterocycles. The number of methoxy groups -OCH3 is 1. The van der Waals surface area contributed by atoms with Gasteiger partial charge in [-0.3, -0.25) is 0 Å². The van der Waals surface area contributed by atoms with E-state index in [1.165, 1.54) is 22.8 Å². The highest BCUT2D eigenvalue weighted by atomic mass is 35.7. The monoisotopic (exact) mass is 295 g/mol. The number of hydrogen-bond donors (Lipinski definition) is 0. The summed E-state index contributed by atoms with van der Waals surface area (Å²) in [5, 5.41) is 0.